The van der Waals surface area contributed by atoms with E-state index in [1.165, 1.54) is 38.5 Å². The zero-order valence-corrected chi connectivity index (χ0v) is 9.26. The molecule has 2 atom stereocenters. The summed E-state index contributed by atoms with van der Waals surface area (Å²) < 4.78 is 0. The molecule has 0 aliphatic heterocycles. The summed E-state index contributed by atoms with van der Waals surface area (Å²) in [5.41, 5.74) is 5.72. The van der Waals surface area contributed by atoms with E-state index in [1.807, 2.05) is 0 Å². The van der Waals surface area contributed by atoms with Gasteiger partial charge in [-0.2, -0.15) is 0 Å². The zero-order chi connectivity index (χ0) is 9.68. The summed E-state index contributed by atoms with van der Waals surface area (Å²) in [6, 6.07) is 0. The Labute approximate surface area is 83.1 Å². The standard InChI is InChI=1S/C12H25N/c1-10(2)6-7-11-4-3-5-12(8-11)9-13/h10-12H,3-9,13H2,1-2H3. The van der Waals surface area contributed by atoms with Crippen molar-refractivity contribution >= 4 is 0 Å². The van der Waals surface area contributed by atoms with Crippen LogP contribution in [0.15, 0.2) is 0 Å². The quantitative estimate of drug-likeness (QED) is 0.711. The minimum Gasteiger partial charge on any atom is -0.330 e. The van der Waals surface area contributed by atoms with Gasteiger partial charge in [0.1, 0.15) is 0 Å². The van der Waals surface area contributed by atoms with Gasteiger partial charge in [-0.25, -0.2) is 0 Å². The molecule has 1 aliphatic rings. The summed E-state index contributed by atoms with van der Waals surface area (Å²) in [7, 11) is 0. The van der Waals surface area contributed by atoms with Crippen LogP contribution in [0, 0.1) is 17.8 Å². The minimum atomic E-state index is 0.839. The fourth-order valence-electron chi connectivity index (χ4n) is 2.45. The fourth-order valence-corrected chi connectivity index (χ4v) is 2.45. The average molecular weight is 183 g/mol. The normalized spacial score (nSPS) is 29.5. The molecule has 1 nitrogen and oxygen atoms in total. The number of nitrogens with two attached hydrogens (primary N) is 1. The lowest BCUT2D eigenvalue weighted by Gasteiger charge is -2.28. The molecule has 13 heavy (non-hydrogen) atoms. The van der Waals surface area contributed by atoms with Crippen LogP contribution in [0.3, 0.4) is 0 Å². The Bertz CT molecular complexity index is 131. The van der Waals surface area contributed by atoms with Crippen LogP contribution in [0.4, 0.5) is 0 Å². The van der Waals surface area contributed by atoms with Gasteiger partial charge in [0.2, 0.25) is 0 Å². The van der Waals surface area contributed by atoms with E-state index in [9.17, 15) is 0 Å². The van der Waals surface area contributed by atoms with E-state index in [1.54, 1.807) is 0 Å². The molecule has 0 aromatic heterocycles. The van der Waals surface area contributed by atoms with E-state index in [0.717, 1.165) is 24.3 Å². The second-order valence-corrected chi connectivity index (χ2v) is 5.11. The topological polar surface area (TPSA) is 26.0 Å². The van der Waals surface area contributed by atoms with Crippen molar-refractivity contribution in [2.45, 2.75) is 52.4 Å². The molecule has 1 heteroatoms. The van der Waals surface area contributed by atoms with Crippen LogP contribution in [0.2, 0.25) is 0 Å². The van der Waals surface area contributed by atoms with Crippen molar-refractivity contribution in [2.24, 2.45) is 23.5 Å². The van der Waals surface area contributed by atoms with Gasteiger partial charge in [-0.05, 0) is 37.1 Å². The Hall–Kier alpha value is -0.0400. The molecule has 0 spiro atoms. The van der Waals surface area contributed by atoms with Crippen LogP contribution in [0.1, 0.15) is 52.4 Å². The number of hydrogen-bond donors (Lipinski definition) is 1. The fraction of sp³-hybridized carbons (Fsp3) is 1.00. The van der Waals surface area contributed by atoms with Crippen molar-refractivity contribution in [3.63, 3.8) is 0 Å². The lowest BCUT2D eigenvalue weighted by molar-refractivity contribution is 0.249. The Kier molecular flexibility index (Phi) is 4.79. The molecular weight excluding hydrogens is 158 g/mol. The molecule has 0 aromatic carbocycles. The maximum atomic E-state index is 5.72. The third kappa shape index (κ3) is 4.12. The Morgan fingerprint density at radius 1 is 1.23 bits per heavy atom. The highest BCUT2D eigenvalue weighted by molar-refractivity contribution is 4.73. The zero-order valence-electron chi connectivity index (χ0n) is 9.26. The highest BCUT2D eigenvalue weighted by atomic mass is 14.6. The van der Waals surface area contributed by atoms with E-state index in [0.29, 0.717) is 0 Å². The summed E-state index contributed by atoms with van der Waals surface area (Å²) >= 11 is 0. The summed E-state index contributed by atoms with van der Waals surface area (Å²) in [4.78, 5) is 0. The molecule has 0 bridgehead atoms. The van der Waals surface area contributed by atoms with Crippen LogP contribution in [0.5, 0.6) is 0 Å². The maximum absolute atomic E-state index is 5.72. The second-order valence-electron chi connectivity index (χ2n) is 5.11. The van der Waals surface area contributed by atoms with Gasteiger partial charge >= 0.3 is 0 Å². The first-order chi connectivity index (χ1) is 6.22. The van der Waals surface area contributed by atoms with Crippen molar-refractivity contribution < 1.29 is 0 Å². The van der Waals surface area contributed by atoms with E-state index < -0.39 is 0 Å². The van der Waals surface area contributed by atoms with E-state index >= 15 is 0 Å². The highest BCUT2D eigenvalue weighted by Gasteiger charge is 2.20. The van der Waals surface area contributed by atoms with Crippen molar-refractivity contribution in [3.8, 4) is 0 Å². The molecule has 0 saturated heterocycles. The second kappa shape index (κ2) is 5.64. The van der Waals surface area contributed by atoms with Gasteiger partial charge in [0.15, 0.2) is 0 Å². The number of rotatable bonds is 4. The third-order valence-electron chi connectivity index (χ3n) is 3.38. The summed E-state index contributed by atoms with van der Waals surface area (Å²) in [5, 5.41) is 0. The predicted octanol–water partition coefficient (Wildman–Crippen LogP) is 3.19. The molecule has 1 fully saturated rings. The first kappa shape index (κ1) is 11.0. The molecule has 0 heterocycles. The number of hydrogen-bond acceptors (Lipinski definition) is 1. The highest BCUT2D eigenvalue weighted by Crippen LogP contribution is 2.31. The van der Waals surface area contributed by atoms with Crippen LogP contribution in [0.25, 0.3) is 0 Å². The molecule has 1 saturated carbocycles. The molecule has 0 amide bonds. The van der Waals surface area contributed by atoms with Crippen molar-refractivity contribution in [3.05, 3.63) is 0 Å². The predicted molar refractivity (Wildman–Crippen MR) is 58.6 cm³/mol. The summed E-state index contributed by atoms with van der Waals surface area (Å²) in [5.74, 6) is 2.70. The third-order valence-corrected chi connectivity index (χ3v) is 3.38. The van der Waals surface area contributed by atoms with E-state index in [4.69, 9.17) is 5.73 Å². The lowest BCUT2D eigenvalue weighted by Crippen LogP contribution is -2.22. The Balaban J connectivity index is 2.18. The largest absolute Gasteiger partial charge is 0.330 e. The maximum Gasteiger partial charge on any atom is -0.00488 e. The van der Waals surface area contributed by atoms with Gasteiger partial charge in [0, 0.05) is 0 Å². The SMILES string of the molecule is CC(C)CCC1CCCC(CN)C1. The lowest BCUT2D eigenvalue weighted by atomic mass is 9.78. The van der Waals surface area contributed by atoms with E-state index in [-0.39, 0.29) is 0 Å². The van der Waals surface area contributed by atoms with Gasteiger partial charge < -0.3 is 5.73 Å². The van der Waals surface area contributed by atoms with Gasteiger partial charge in [0.25, 0.3) is 0 Å². The van der Waals surface area contributed by atoms with Crippen molar-refractivity contribution in [1.29, 1.82) is 0 Å². The monoisotopic (exact) mass is 183 g/mol. The molecule has 2 N–H and O–H groups in total. The molecule has 1 aliphatic carbocycles. The summed E-state index contributed by atoms with van der Waals surface area (Å²) in [6.07, 6.45) is 8.52. The minimum absolute atomic E-state index is 0.839. The van der Waals surface area contributed by atoms with Crippen LogP contribution in [-0.2, 0) is 0 Å². The molecule has 0 aromatic rings. The van der Waals surface area contributed by atoms with Crippen LogP contribution in [-0.4, -0.2) is 6.54 Å². The van der Waals surface area contributed by atoms with Gasteiger partial charge in [-0.15, -0.1) is 0 Å². The Morgan fingerprint density at radius 2 is 1.92 bits per heavy atom. The molecule has 0 radical (unpaired) electrons. The first-order valence-corrected chi connectivity index (χ1v) is 5.92. The molecule has 78 valence electrons. The smallest absolute Gasteiger partial charge is 0.00488 e. The molecular formula is C12H25N. The molecule has 1 rings (SSSR count). The van der Waals surface area contributed by atoms with Gasteiger partial charge in [0.05, 0.1) is 0 Å². The summed E-state index contributed by atoms with van der Waals surface area (Å²) in [6.45, 7) is 5.56. The van der Waals surface area contributed by atoms with Crippen molar-refractivity contribution in [1.82, 2.24) is 0 Å². The van der Waals surface area contributed by atoms with Gasteiger partial charge in [-0.3, -0.25) is 0 Å². The first-order valence-electron chi connectivity index (χ1n) is 5.92. The average Bonchev–Trinajstić information content (AvgIpc) is 2.15. The van der Waals surface area contributed by atoms with Gasteiger partial charge in [-0.1, -0.05) is 39.5 Å². The van der Waals surface area contributed by atoms with Crippen LogP contribution < -0.4 is 5.73 Å². The molecule has 2 unspecified atom stereocenters. The van der Waals surface area contributed by atoms with E-state index in [2.05, 4.69) is 13.8 Å². The van der Waals surface area contributed by atoms with Crippen molar-refractivity contribution in [2.75, 3.05) is 6.54 Å². The Morgan fingerprint density at radius 3 is 2.54 bits per heavy atom. The van der Waals surface area contributed by atoms with Crippen LogP contribution >= 0.6 is 0 Å².